The van der Waals surface area contributed by atoms with Gasteiger partial charge in [0.2, 0.25) is 10.0 Å². The molecule has 5 nitrogen and oxygen atoms in total. The molecule has 0 radical (unpaired) electrons. The molecule has 0 atom stereocenters. The minimum atomic E-state index is -3.42. The second-order valence-electron chi connectivity index (χ2n) is 5.27. The number of sulfonamides is 1. The van der Waals surface area contributed by atoms with Crippen LogP contribution in [-0.2, 0) is 10.0 Å². The molecular weight excluding hydrogens is 250 g/mol. The number of nitrogens with two attached hydrogens (primary N) is 1. The summed E-state index contributed by atoms with van der Waals surface area (Å²) in [7, 11) is -0.341. The number of hydrogen-bond acceptors (Lipinski definition) is 4. The molecular formula is C12H19N3O2S. The van der Waals surface area contributed by atoms with Gasteiger partial charge in [0.15, 0.2) is 0 Å². The van der Waals surface area contributed by atoms with E-state index in [1.165, 1.54) is 18.4 Å². The Morgan fingerprint density at radius 3 is 2.33 bits per heavy atom. The van der Waals surface area contributed by atoms with Crippen molar-refractivity contribution in [3.05, 3.63) is 24.3 Å². The zero-order valence-corrected chi connectivity index (χ0v) is 11.7. The van der Waals surface area contributed by atoms with Gasteiger partial charge in [0, 0.05) is 32.7 Å². The van der Waals surface area contributed by atoms with E-state index in [9.17, 15) is 8.42 Å². The zero-order valence-electron chi connectivity index (χ0n) is 10.9. The largest absolute Gasteiger partial charge is 0.367 e. The summed E-state index contributed by atoms with van der Waals surface area (Å²) in [4.78, 5) is 2.33. The Bertz CT molecular complexity index is 544. The van der Waals surface area contributed by atoms with Gasteiger partial charge in [-0.2, -0.15) is 0 Å². The molecule has 100 valence electrons. The third-order valence-electron chi connectivity index (χ3n) is 3.07. The summed E-state index contributed by atoms with van der Waals surface area (Å²) < 4.78 is 25.7. The molecule has 1 fully saturated rings. The highest BCUT2D eigenvalue weighted by Crippen LogP contribution is 2.32. The second kappa shape index (κ2) is 4.22. The summed E-state index contributed by atoms with van der Waals surface area (Å²) in [5.41, 5.74) is 6.47. The highest BCUT2D eigenvalue weighted by Gasteiger charge is 2.37. The summed E-state index contributed by atoms with van der Waals surface area (Å²) >= 11 is 0. The molecule has 0 saturated carbocycles. The van der Waals surface area contributed by atoms with Gasteiger partial charge in [0.05, 0.1) is 5.69 Å². The number of anilines is 1. The first-order valence-electron chi connectivity index (χ1n) is 5.79. The molecule has 1 aliphatic rings. The molecule has 18 heavy (non-hydrogen) atoms. The van der Waals surface area contributed by atoms with Gasteiger partial charge in [0.1, 0.15) is 4.90 Å². The van der Waals surface area contributed by atoms with Crippen LogP contribution in [0.25, 0.3) is 0 Å². The average Bonchev–Trinajstić information content (AvgIpc) is 2.25. The van der Waals surface area contributed by atoms with Gasteiger partial charge in [0.25, 0.3) is 0 Å². The van der Waals surface area contributed by atoms with Crippen molar-refractivity contribution in [2.45, 2.75) is 17.4 Å². The minimum Gasteiger partial charge on any atom is -0.367 e. The molecule has 1 aromatic rings. The Labute approximate surface area is 108 Å². The molecule has 0 bridgehead atoms. The maximum Gasteiger partial charge on any atom is 0.244 e. The van der Waals surface area contributed by atoms with E-state index in [2.05, 4.69) is 0 Å². The van der Waals surface area contributed by atoms with Crippen LogP contribution >= 0.6 is 0 Å². The Kier molecular flexibility index (Phi) is 3.12. The lowest BCUT2D eigenvalue weighted by Gasteiger charge is -2.47. The van der Waals surface area contributed by atoms with E-state index >= 15 is 0 Å². The summed E-state index contributed by atoms with van der Waals surface area (Å²) in [5.74, 6) is 0. The van der Waals surface area contributed by atoms with Crippen molar-refractivity contribution in [1.82, 2.24) is 4.31 Å². The van der Waals surface area contributed by atoms with Crippen molar-refractivity contribution in [3.8, 4) is 0 Å². The van der Waals surface area contributed by atoms with Crippen molar-refractivity contribution in [1.29, 1.82) is 0 Å². The minimum absolute atomic E-state index is 0.227. The quantitative estimate of drug-likeness (QED) is 0.866. The van der Waals surface area contributed by atoms with E-state index < -0.39 is 10.0 Å². The molecule has 2 rings (SSSR count). The third kappa shape index (κ3) is 2.23. The summed E-state index contributed by atoms with van der Waals surface area (Å²) in [6, 6.07) is 7.04. The molecule has 1 heterocycles. The number of para-hydroxylation sites is 1. The van der Waals surface area contributed by atoms with E-state index in [1.54, 1.807) is 12.1 Å². The Hall–Kier alpha value is -1.11. The summed E-state index contributed by atoms with van der Waals surface area (Å²) in [6.07, 6.45) is 0. The Morgan fingerprint density at radius 2 is 1.83 bits per heavy atom. The third-order valence-corrected chi connectivity index (χ3v) is 4.93. The van der Waals surface area contributed by atoms with Crippen LogP contribution in [0.1, 0.15) is 6.92 Å². The molecule has 0 aliphatic carbocycles. The molecule has 0 amide bonds. The second-order valence-corrected chi connectivity index (χ2v) is 7.39. The van der Waals surface area contributed by atoms with Crippen LogP contribution in [0.5, 0.6) is 0 Å². The molecule has 1 aromatic carbocycles. The van der Waals surface area contributed by atoms with E-state index in [1.807, 2.05) is 24.0 Å². The number of rotatable bonds is 3. The van der Waals surface area contributed by atoms with Gasteiger partial charge in [-0.15, -0.1) is 0 Å². The van der Waals surface area contributed by atoms with Gasteiger partial charge < -0.3 is 10.6 Å². The van der Waals surface area contributed by atoms with Gasteiger partial charge in [-0.1, -0.05) is 12.1 Å². The van der Waals surface area contributed by atoms with E-state index in [0.717, 1.165) is 5.69 Å². The number of nitrogens with zero attached hydrogens (tertiary/aromatic N) is 2. The zero-order chi connectivity index (χ0) is 13.6. The highest BCUT2D eigenvalue weighted by atomic mass is 32.2. The van der Waals surface area contributed by atoms with Crippen LogP contribution in [0, 0.1) is 0 Å². The van der Waals surface area contributed by atoms with Crippen LogP contribution in [0.4, 0.5) is 5.69 Å². The fraction of sp³-hybridized carbons (Fsp3) is 0.500. The van der Waals surface area contributed by atoms with Crippen molar-refractivity contribution >= 4 is 15.7 Å². The number of benzene rings is 1. The molecule has 1 saturated heterocycles. The monoisotopic (exact) mass is 269 g/mol. The normalized spacial score (nSPS) is 18.8. The molecule has 0 aromatic heterocycles. The van der Waals surface area contributed by atoms with Gasteiger partial charge in [-0.25, -0.2) is 12.7 Å². The standard InChI is InChI=1S/C12H19N3O2S/c1-12(13)8-15(9-12)10-6-4-5-7-11(10)18(16,17)14(2)3/h4-7H,8-9,13H2,1-3H3. The smallest absolute Gasteiger partial charge is 0.244 e. The summed E-state index contributed by atoms with van der Waals surface area (Å²) in [5, 5.41) is 0. The molecule has 2 N–H and O–H groups in total. The van der Waals surface area contributed by atoms with E-state index in [-0.39, 0.29) is 5.54 Å². The lowest BCUT2D eigenvalue weighted by atomic mass is 9.93. The van der Waals surface area contributed by atoms with Crippen LogP contribution in [0.2, 0.25) is 0 Å². The predicted molar refractivity (Wildman–Crippen MR) is 72.1 cm³/mol. The van der Waals surface area contributed by atoms with Crippen molar-refractivity contribution in [3.63, 3.8) is 0 Å². The first kappa shape index (κ1) is 13.3. The molecule has 6 heteroatoms. The fourth-order valence-corrected chi connectivity index (χ4v) is 3.23. The molecule has 0 unspecified atom stereocenters. The van der Waals surface area contributed by atoms with Crippen molar-refractivity contribution < 1.29 is 8.42 Å². The SMILES string of the molecule is CN(C)S(=O)(=O)c1ccccc1N1CC(C)(N)C1. The number of hydrogen-bond donors (Lipinski definition) is 1. The maximum atomic E-state index is 12.2. The van der Waals surface area contributed by atoms with Crippen LogP contribution in [0.15, 0.2) is 29.2 Å². The van der Waals surface area contributed by atoms with E-state index in [4.69, 9.17) is 5.73 Å². The molecule has 1 aliphatic heterocycles. The fourth-order valence-electron chi connectivity index (χ4n) is 2.13. The van der Waals surface area contributed by atoms with Crippen LogP contribution in [0.3, 0.4) is 0 Å². The first-order chi connectivity index (χ1) is 8.24. The highest BCUT2D eigenvalue weighted by molar-refractivity contribution is 7.89. The van der Waals surface area contributed by atoms with Crippen LogP contribution < -0.4 is 10.6 Å². The lowest BCUT2D eigenvalue weighted by molar-refractivity contribution is 0.363. The topological polar surface area (TPSA) is 66.6 Å². The van der Waals surface area contributed by atoms with E-state index in [0.29, 0.717) is 18.0 Å². The van der Waals surface area contributed by atoms with Crippen LogP contribution in [-0.4, -0.2) is 45.4 Å². The lowest BCUT2D eigenvalue weighted by Crippen LogP contribution is -2.65. The predicted octanol–water partition coefficient (Wildman–Crippen LogP) is 0.474. The molecule has 0 spiro atoms. The van der Waals surface area contributed by atoms with Gasteiger partial charge in [-0.3, -0.25) is 0 Å². The van der Waals surface area contributed by atoms with Crippen molar-refractivity contribution in [2.24, 2.45) is 5.73 Å². The average molecular weight is 269 g/mol. The van der Waals surface area contributed by atoms with Crippen molar-refractivity contribution in [2.75, 3.05) is 32.1 Å². The Morgan fingerprint density at radius 1 is 1.28 bits per heavy atom. The maximum absolute atomic E-state index is 12.2. The first-order valence-corrected chi connectivity index (χ1v) is 7.23. The van der Waals surface area contributed by atoms with Gasteiger partial charge in [-0.05, 0) is 19.1 Å². The van der Waals surface area contributed by atoms with Gasteiger partial charge >= 0.3 is 0 Å². The Balaban J connectivity index is 2.40. The summed E-state index contributed by atoms with van der Waals surface area (Å²) in [6.45, 7) is 3.31.